The Labute approximate surface area is 830 Å². The van der Waals surface area contributed by atoms with Crippen molar-refractivity contribution in [3.63, 3.8) is 0 Å². The lowest BCUT2D eigenvalue weighted by Crippen LogP contribution is -2.70. The molecule has 70 nitrogen and oxygen atoms in total. The topological polar surface area (TPSA) is 943 Å². The maximum absolute atomic E-state index is 13.9. The highest BCUT2D eigenvalue weighted by molar-refractivity contribution is 7.82. The van der Waals surface area contributed by atoms with Crippen LogP contribution in [-0.2, 0) is 302 Å². The van der Waals surface area contributed by atoms with Crippen LogP contribution in [0.4, 0.5) is 0 Å². The minimum atomic E-state index is -5.99. The van der Waals surface area contributed by atoms with Gasteiger partial charge in [0.1, 0.15) is 85.5 Å². The van der Waals surface area contributed by atoms with E-state index in [9.17, 15) is 158 Å². The van der Waals surface area contributed by atoms with Crippen LogP contribution in [-0.4, -0.2) is 436 Å². The van der Waals surface area contributed by atoms with E-state index in [0.29, 0.717) is 96.9 Å². The molecule has 35 atom stereocenters. The van der Waals surface area contributed by atoms with Crippen molar-refractivity contribution in [2.45, 2.75) is 312 Å². The molecular formula is C70H98O70S7. The number of carbonyl (C=O) groups is 14. The van der Waals surface area contributed by atoms with Crippen LogP contribution in [0.1, 0.15) is 96.9 Å². The van der Waals surface area contributed by atoms with E-state index in [0.717, 1.165) is 0 Å². The summed E-state index contributed by atoms with van der Waals surface area (Å²) in [5.74, 6) is -22.6. The number of rotatable bonds is 35. The highest BCUT2D eigenvalue weighted by Crippen LogP contribution is 2.46. The molecule has 0 amide bonds. The van der Waals surface area contributed by atoms with Crippen molar-refractivity contribution in [1.82, 2.24) is 0 Å². The highest BCUT2D eigenvalue weighted by atomic mass is 32.3. The molecule has 14 bridgehead atoms. The second-order valence-corrected chi connectivity index (χ2v) is 39.2. The smallest absolute Gasteiger partial charge is 0.397 e. The van der Waals surface area contributed by atoms with Crippen LogP contribution in [0, 0.1) is 0 Å². The Morgan fingerprint density at radius 2 is 0.238 bits per heavy atom. The molecule has 0 unspecified atom stereocenters. The van der Waals surface area contributed by atoms with Gasteiger partial charge in [-0.15, -0.1) is 0 Å². The van der Waals surface area contributed by atoms with Crippen LogP contribution in [0.15, 0.2) is 0 Å². The van der Waals surface area contributed by atoms with Crippen molar-refractivity contribution in [2.75, 3.05) is 46.2 Å². The third-order valence-corrected chi connectivity index (χ3v) is 23.1. The van der Waals surface area contributed by atoms with Gasteiger partial charge >= 0.3 is 156 Å². The number of hydrogen-bond donors (Lipinski definition) is 7. The predicted octanol–water partition coefficient (Wildman–Crippen LogP) is -8.45. The SMILES string of the molecule is CC(=O)O[C@@H]1[C@@H](OC(C)=O)[C@H]2O[C@H]3[C@H](OC(C)=O)[C@@H](OC(C)=O)[C@@H](O[C@H]4[C@H](OC(C)=O)[C@@H](OC(C)=O)[C@@H](O[C@H]5[C@H](OC(C)=O)[C@@H](OC(C)=O)[C@@H](O[C@H]6[C@H](OC(C)=O)[C@@H](OC(C)=O)[C@@H](O[C@H]7[C@H](OC(C)=O)[C@@H](OC(C)=O)[C@@H](O[C@H]8[C@@H](OC(C)=O)[C@H](OC(C)=O)[C@@H](O[C@@H]1[C@@H](COS(=O)(=O)O)O2)O[C@@H]8COS(=O)(=O)O)O[C@@H]7COS(=O)(=O)O)O[C@@H]6COS(=O)(=O)O)O[C@@H]5COS(=O)(=O)O)O[C@@H]4COS(=O)(=O)O)O[C@@H]3COS(=O)(=O)O. The maximum atomic E-state index is 13.9. The highest BCUT2D eigenvalue weighted by Gasteiger charge is 2.67. The van der Waals surface area contributed by atoms with Gasteiger partial charge in [-0.2, -0.15) is 58.9 Å². The van der Waals surface area contributed by atoms with E-state index in [1.807, 2.05) is 0 Å². The summed E-state index contributed by atoms with van der Waals surface area (Å²) < 4.78 is 452. The van der Waals surface area contributed by atoms with E-state index in [-0.39, 0.29) is 0 Å². The minimum Gasteiger partial charge on any atom is -0.455 e. The van der Waals surface area contributed by atoms with Gasteiger partial charge in [0.2, 0.25) is 0 Å². The number of carbonyl (C=O) groups excluding carboxylic acids is 14. The van der Waals surface area contributed by atoms with Gasteiger partial charge in [0.25, 0.3) is 0 Å². The molecule has 21 heterocycles. The zero-order valence-electron chi connectivity index (χ0n) is 77.9. The quantitative estimate of drug-likeness (QED) is 0.0176. The Hall–Kier alpha value is -8.89. The largest absolute Gasteiger partial charge is 0.455 e. The van der Waals surface area contributed by atoms with Gasteiger partial charge in [-0.05, 0) is 0 Å². The average Bonchev–Trinajstić information content (AvgIpc) is 0.873. The summed E-state index contributed by atoms with van der Waals surface area (Å²) in [6.07, 6.45) is -99.6. The summed E-state index contributed by atoms with van der Waals surface area (Å²) in [6, 6.07) is 0. The molecule has 0 aromatic carbocycles. The molecule has 77 heteroatoms. The number of ether oxygens (including phenoxy) is 28. The number of esters is 14. The molecule has 21 rings (SSSR count). The molecule has 0 saturated carbocycles. The molecule has 21 aliphatic rings. The Morgan fingerprint density at radius 3 is 0.313 bits per heavy atom. The number of hydrogen-bond acceptors (Lipinski definition) is 63. The fourth-order valence-electron chi connectivity index (χ4n) is 15.7. The second-order valence-electron chi connectivity index (χ2n) is 31.5. The van der Waals surface area contributed by atoms with Gasteiger partial charge in [-0.1, -0.05) is 0 Å². The van der Waals surface area contributed by atoms with Gasteiger partial charge in [-0.25, -0.2) is 29.3 Å². The summed E-state index contributed by atoms with van der Waals surface area (Å²) in [4.78, 5) is 194. The normalized spacial score (nSPS) is 34.7. The van der Waals surface area contributed by atoms with Crippen molar-refractivity contribution >= 4 is 156 Å². The minimum absolute atomic E-state index is 0.538. The zero-order valence-corrected chi connectivity index (χ0v) is 83.6. The fraction of sp³-hybridized carbons (Fsp3) is 0.800. The van der Waals surface area contributed by atoms with Gasteiger partial charge in [0.05, 0.1) is 46.2 Å². The first-order chi connectivity index (χ1) is 67.7. The maximum Gasteiger partial charge on any atom is 0.397 e. The lowest BCUT2D eigenvalue weighted by atomic mass is 9.94. The van der Waals surface area contributed by atoms with E-state index >= 15 is 0 Å². The van der Waals surface area contributed by atoms with Gasteiger partial charge in [0.15, 0.2) is 129 Å². The predicted molar refractivity (Wildman–Crippen MR) is 435 cm³/mol. The summed E-state index contributed by atoms with van der Waals surface area (Å²) in [5, 5.41) is 0. The molecule has 7 N–H and O–H groups in total. The van der Waals surface area contributed by atoms with Gasteiger partial charge < -0.3 is 133 Å². The molecule has 147 heavy (non-hydrogen) atoms. The lowest BCUT2D eigenvalue weighted by molar-refractivity contribution is -0.396. The molecule has 840 valence electrons. The van der Waals surface area contributed by atoms with Crippen molar-refractivity contribution in [1.29, 1.82) is 0 Å². The molecule has 0 spiro atoms. The second kappa shape index (κ2) is 51.5. The van der Waals surface area contributed by atoms with Crippen LogP contribution in [0.2, 0.25) is 0 Å². The van der Waals surface area contributed by atoms with Crippen molar-refractivity contribution in [2.24, 2.45) is 0 Å². The first kappa shape index (κ1) is 123. The van der Waals surface area contributed by atoms with Crippen LogP contribution in [0.3, 0.4) is 0 Å². The van der Waals surface area contributed by atoms with Crippen LogP contribution in [0.25, 0.3) is 0 Å². The van der Waals surface area contributed by atoms with Gasteiger partial charge in [-0.3, -0.25) is 99.0 Å². The van der Waals surface area contributed by atoms with Crippen molar-refractivity contribution < 1.29 is 320 Å². The van der Waals surface area contributed by atoms with E-state index in [4.69, 9.17) is 162 Å². The molecule has 21 fully saturated rings. The van der Waals surface area contributed by atoms with E-state index < -0.39 is 418 Å². The Kier molecular flexibility index (Phi) is 43.2. The van der Waals surface area contributed by atoms with Gasteiger partial charge in [0, 0.05) is 96.9 Å². The third-order valence-electron chi connectivity index (χ3n) is 20.1. The van der Waals surface area contributed by atoms with Crippen LogP contribution in [0.5, 0.6) is 0 Å². The lowest BCUT2D eigenvalue weighted by Gasteiger charge is -2.52. The van der Waals surface area contributed by atoms with E-state index in [2.05, 4.69) is 0 Å². The molecule has 21 aliphatic heterocycles. The Balaban J connectivity index is 1.56. The third kappa shape index (κ3) is 37.9. The molecular weight excluding hydrogens is 2190 g/mol. The molecule has 0 aromatic rings. The average molecular weight is 2280 g/mol. The standard InChI is InChI=1S/C70H98O70S7/c1-22(71)113-50-43-36(15-106-141(85,86)87)127-64(57(50)120-29(8)78)135-44-37(16-107-142(88,89)90)129-66(59(122-31(10)80)51(44)114-23(2)72)137-46-39(18-109-144(94,95)96)131-68(61(124-33(12)82)53(46)116-25(4)74)139-48-41(20-111-146(100,101)102)133-70(63(126-35(14)84)55(48)118-27(6)76)140-49-42(21-112-147(103,104)105)132-69(62(125-34(13)83)56(49)119-28(7)77)138-47-40(19-110-145(97,98)99)130-67(60(123-32(11)81)54(47)117-26(5)75)136-45-38(17-108-143(91,92)93)128-65(134-43)58(121-30(9)79)52(45)115-24(3)73/h36-70H,15-21H2,1-14H3,(H,85,86,87)(H,88,89,90)(H,91,92,93)(H,94,95,96)(H,97,98,99)(H,100,101,102)(H,103,104,105)/t36-,37-,38-,39-,40-,41-,42-,43-,44-,45-,46-,47-,48-,49-,50-,51+,52+,53+,54+,55+,56+,57+,58-,59-,60-,61-,62-,63-,64-,65-,66-,67-,68-,69-,70-/m1/s1. The summed E-state index contributed by atoms with van der Waals surface area (Å²) in [6.45, 7) is -5.59. The van der Waals surface area contributed by atoms with Crippen molar-refractivity contribution in [3.05, 3.63) is 0 Å². The summed E-state index contributed by atoms with van der Waals surface area (Å²) >= 11 is 0. The van der Waals surface area contributed by atoms with Crippen molar-refractivity contribution in [3.8, 4) is 0 Å². The molecule has 0 aromatic heterocycles. The van der Waals surface area contributed by atoms with E-state index in [1.165, 1.54) is 0 Å². The monoisotopic (exact) mass is 2280 g/mol. The Bertz CT molecular complexity index is 4640. The van der Waals surface area contributed by atoms with E-state index in [1.54, 1.807) is 0 Å². The fourth-order valence-corrected chi connectivity index (χ4v) is 17.8. The molecule has 21 saturated heterocycles. The Morgan fingerprint density at radius 1 is 0.156 bits per heavy atom. The first-order valence-corrected chi connectivity index (χ1v) is 51.2. The molecule has 0 radical (unpaired) electrons. The summed E-state index contributed by atoms with van der Waals surface area (Å²) in [5.41, 5.74) is 0. The van der Waals surface area contributed by atoms with Crippen LogP contribution >= 0.6 is 0 Å². The summed E-state index contributed by atoms with van der Waals surface area (Å²) in [7, 11) is -42.0. The first-order valence-electron chi connectivity index (χ1n) is 41.6. The van der Waals surface area contributed by atoms with Crippen LogP contribution < -0.4 is 0 Å². The zero-order chi connectivity index (χ0) is 110. The molecule has 0 aliphatic carbocycles.